The lowest BCUT2D eigenvalue weighted by atomic mass is 10.1. The molecule has 0 aliphatic rings. The summed E-state index contributed by atoms with van der Waals surface area (Å²) in [5.74, 6) is 0. The second kappa shape index (κ2) is 12.5. The number of thiophene rings is 2. The molecule has 0 radical (unpaired) electrons. The monoisotopic (exact) mass is 835 g/mol. The Morgan fingerprint density at radius 1 is 0.238 bits per heavy atom. The van der Waals surface area contributed by atoms with Crippen LogP contribution in [0.5, 0.6) is 0 Å². The maximum Gasteiger partial charge on any atom is 0.0548 e. The van der Waals surface area contributed by atoms with Crippen LogP contribution in [0.25, 0.3) is 134 Å². The van der Waals surface area contributed by atoms with E-state index < -0.39 is 0 Å². The van der Waals surface area contributed by atoms with E-state index in [-0.39, 0.29) is 0 Å². The molecule has 5 heterocycles. The molecule has 0 spiro atoms. The Balaban J connectivity index is 1.04. The highest BCUT2D eigenvalue weighted by molar-refractivity contribution is 7.26. The van der Waals surface area contributed by atoms with Gasteiger partial charge in [0.15, 0.2) is 0 Å². The summed E-state index contributed by atoms with van der Waals surface area (Å²) in [7, 11) is 0. The average molecular weight is 836 g/mol. The van der Waals surface area contributed by atoms with Crippen LogP contribution < -0.4 is 0 Å². The van der Waals surface area contributed by atoms with E-state index in [1.165, 1.54) is 117 Å². The highest BCUT2D eigenvalue weighted by atomic mass is 32.1. The molecule has 0 fully saturated rings. The number of nitrogens with zero attached hydrogens (tertiary/aromatic N) is 3. The number of fused-ring (bicyclic) bond motifs is 18. The molecule has 0 atom stereocenters. The topological polar surface area (TPSA) is 14.8 Å². The summed E-state index contributed by atoms with van der Waals surface area (Å²) in [6, 6.07) is 74.7. The van der Waals surface area contributed by atoms with Crippen molar-refractivity contribution in [2.75, 3.05) is 0 Å². The van der Waals surface area contributed by atoms with Crippen LogP contribution in [0.1, 0.15) is 0 Å². The van der Waals surface area contributed by atoms with Gasteiger partial charge in [-0.15, -0.1) is 22.7 Å². The molecule has 5 heteroatoms. The van der Waals surface area contributed by atoms with Crippen molar-refractivity contribution in [2.45, 2.75) is 0 Å². The summed E-state index contributed by atoms with van der Waals surface area (Å²) in [5.41, 5.74) is 10.7. The summed E-state index contributed by atoms with van der Waals surface area (Å²) in [6.45, 7) is 0. The third-order valence-electron chi connectivity index (χ3n) is 13.6. The Morgan fingerprint density at radius 2 is 0.635 bits per heavy atom. The minimum atomic E-state index is 1.15. The van der Waals surface area contributed by atoms with Gasteiger partial charge in [0.25, 0.3) is 0 Å². The van der Waals surface area contributed by atoms with Crippen LogP contribution in [0.15, 0.2) is 200 Å². The minimum absolute atomic E-state index is 1.15. The third kappa shape index (κ3) is 4.57. The molecular weight excluding hydrogens is 803 g/mol. The van der Waals surface area contributed by atoms with Crippen LogP contribution in [-0.2, 0) is 0 Å². The highest BCUT2D eigenvalue weighted by Crippen LogP contribution is 2.46. The molecule has 15 rings (SSSR count). The molecule has 292 valence electrons. The largest absolute Gasteiger partial charge is 0.309 e. The second-order valence-corrected chi connectivity index (χ2v) is 19.0. The lowest BCUT2D eigenvalue weighted by Crippen LogP contribution is -1.96. The van der Waals surface area contributed by atoms with Gasteiger partial charge in [0.1, 0.15) is 0 Å². The SMILES string of the molecule is c1ccc2cc(-n3c4ccc(-n5c6ccccc6c6c7c(ccc65)sc5ccccc57)cc4c4cc(-n5c6ccccc6c6c7c(ccc65)sc5ccccc57)ccc43)ccc2c1. The number of rotatable bonds is 3. The number of hydrogen-bond acceptors (Lipinski definition) is 2. The number of aromatic nitrogens is 3. The molecule has 5 aromatic heterocycles. The standard InChI is InChI=1S/C58H33N3S2/c1-2-12-35-31-36(22-21-34(35)11-1)59-47-25-23-37(60-45-17-7-3-13-39(45)55-49(60)27-29-53-57(55)41-15-5-9-19-51(41)62-53)32-43(47)44-33-38(24-26-48(44)59)61-46-18-8-4-14-40(46)56-50(61)28-30-54-58(56)42-16-6-10-20-52(42)63-54/h1-33H. The molecule has 3 nitrogen and oxygen atoms in total. The Hall–Kier alpha value is -7.70. The van der Waals surface area contributed by atoms with Crippen LogP contribution >= 0.6 is 22.7 Å². The Bertz CT molecular complexity index is 4210. The quantitative estimate of drug-likeness (QED) is 0.168. The van der Waals surface area contributed by atoms with Crippen LogP contribution in [-0.4, -0.2) is 13.7 Å². The molecule has 15 aromatic rings. The van der Waals surface area contributed by atoms with Crippen LogP contribution in [0.2, 0.25) is 0 Å². The zero-order valence-electron chi connectivity index (χ0n) is 33.7. The summed E-state index contributed by atoms with van der Waals surface area (Å²) in [4.78, 5) is 0. The van der Waals surface area contributed by atoms with E-state index in [1.807, 2.05) is 22.7 Å². The van der Waals surface area contributed by atoms with Gasteiger partial charge < -0.3 is 13.7 Å². The van der Waals surface area contributed by atoms with Gasteiger partial charge in [-0.05, 0) is 108 Å². The Morgan fingerprint density at radius 3 is 1.19 bits per heavy atom. The van der Waals surface area contributed by atoms with E-state index in [2.05, 4.69) is 214 Å². The van der Waals surface area contributed by atoms with Gasteiger partial charge in [-0.1, -0.05) is 103 Å². The van der Waals surface area contributed by atoms with E-state index in [0.717, 1.165) is 17.1 Å². The van der Waals surface area contributed by atoms with Crippen LogP contribution in [0.3, 0.4) is 0 Å². The fourth-order valence-corrected chi connectivity index (χ4v) is 13.2. The van der Waals surface area contributed by atoms with Crippen molar-refractivity contribution < 1.29 is 0 Å². The molecule has 10 aromatic carbocycles. The molecule has 0 aliphatic heterocycles. The number of hydrogen-bond donors (Lipinski definition) is 0. The molecule has 63 heavy (non-hydrogen) atoms. The molecular formula is C58H33N3S2. The lowest BCUT2D eigenvalue weighted by molar-refractivity contribution is 1.16. The van der Waals surface area contributed by atoms with E-state index >= 15 is 0 Å². The number of benzene rings is 10. The number of para-hydroxylation sites is 2. The predicted molar refractivity (Wildman–Crippen MR) is 273 cm³/mol. The van der Waals surface area contributed by atoms with Gasteiger partial charge in [-0.25, -0.2) is 0 Å². The summed E-state index contributed by atoms with van der Waals surface area (Å²) in [6.07, 6.45) is 0. The smallest absolute Gasteiger partial charge is 0.0548 e. The fraction of sp³-hybridized carbons (Fsp3) is 0. The first kappa shape index (κ1) is 34.0. The fourth-order valence-electron chi connectivity index (χ4n) is 11.0. The predicted octanol–water partition coefficient (Wildman–Crippen LogP) is 16.9. The van der Waals surface area contributed by atoms with Gasteiger partial charge in [-0.2, -0.15) is 0 Å². The highest BCUT2D eigenvalue weighted by Gasteiger charge is 2.22. The third-order valence-corrected chi connectivity index (χ3v) is 15.9. The van der Waals surface area contributed by atoms with Crippen molar-refractivity contribution in [3.05, 3.63) is 200 Å². The second-order valence-electron chi connectivity index (χ2n) is 16.8. The van der Waals surface area contributed by atoms with Crippen molar-refractivity contribution in [1.29, 1.82) is 0 Å². The summed E-state index contributed by atoms with van der Waals surface area (Å²) < 4.78 is 12.7. The van der Waals surface area contributed by atoms with Crippen molar-refractivity contribution in [2.24, 2.45) is 0 Å². The maximum atomic E-state index is 2.49. The van der Waals surface area contributed by atoms with Gasteiger partial charge in [0.05, 0.1) is 33.1 Å². The first-order valence-corrected chi connectivity index (χ1v) is 23.1. The van der Waals surface area contributed by atoms with Crippen LogP contribution in [0, 0.1) is 0 Å². The van der Waals surface area contributed by atoms with Crippen molar-refractivity contribution >= 4 is 139 Å². The lowest BCUT2D eigenvalue weighted by Gasteiger charge is -2.11. The van der Waals surface area contributed by atoms with E-state index in [0.29, 0.717) is 0 Å². The molecule has 0 N–H and O–H groups in total. The molecule has 0 unspecified atom stereocenters. The van der Waals surface area contributed by atoms with Crippen molar-refractivity contribution in [3.63, 3.8) is 0 Å². The van der Waals surface area contributed by atoms with E-state index in [1.54, 1.807) is 0 Å². The minimum Gasteiger partial charge on any atom is -0.309 e. The van der Waals surface area contributed by atoms with E-state index in [9.17, 15) is 0 Å². The normalized spacial score (nSPS) is 12.4. The summed E-state index contributed by atoms with van der Waals surface area (Å²) >= 11 is 3.77. The van der Waals surface area contributed by atoms with E-state index in [4.69, 9.17) is 0 Å². The van der Waals surface area contributed by atoms with Crippen molar-refractivity contribution in [1.82, 2.24) is 13.7 Å². The zero-order chi connectivity index (χ0) is 40.9. The van der Waals surface area contributed by atoms with Gasteiger partial charge in [-0.3, -0.25) is 0 Å². The zero-order valence-corrected chi connectivity index (χ0v) is 35.3. The van der Waals surface area contributed by atoms with Gasteiger partial charge in [0, 0.05) is 89.7 Å². The van der Waals surface area contributed by atoms with Crippen molar-refractivity contribution in [3.8, 4) is 17.1 Å². The first-order valence-electron chi connectivity index (χ1n) is 21.5. The molecule has 0 saturated heterocycles. The summed E-state index contributed by atoms with van der Waals surface area (Å²) in [5, 5.41) is 15.5. The average Bonchev–Trinajstić information content (AvgIpc) is 4.14. The van der Waals surface area contributed by atoms with Gasteiger partial charge in [0.2, 0.25) is 0 Å². The van der Waals surface area contributed by atoms with Crippen LogP contribution in [0.4, 0.5) is 0 Å². The Labute approximate surface area is 368 Å². The molecule has 0 aliphatic carbocycles. The Kier molecular flexibility index (Phi) is 6.71. The molecule has 0 bridgehead atoms. The maximum absolute atomic E-state index is 2.49. The first-order chi connectivity index (χ1) is 31.2. The molecule has 0 saturated carbocycles. The molecule has 0 amide bonds. The van der Waals surface area contributed by atoms with Gasteiger partial charge >= 0.3 is 0 Å².